The Morgan fingerprint density at radius 3 is 2.74 bits per heavy atom. The molecule has 1 spiro atoms. The zero-order valence-electron chi connectivity index (χ0n) is 18.3. The van der Waals surface area contributed by atoms with Crippen LogP contribution in [0.3, 0.4) is 0 Å². The normalized spacial score (nSPS) is 16.5. The lowest BCUT2D eigenvalue weighted by molar-refractivity contribution is 0.130. The smallest absolute Gasteiger partial charge is 0.339 e. The Bertz CT molecular complexity index is 1450. The Balaban J connectivity index is 1.80. The molecule has 2 saturated heterocycles. The number of hydrogen-bond donors (Lipinski definition) is 0. The second kappa shape index (κ2) is 8.34. The van der Waals surface area contributed by atoms with Crippen molar-refractivity contribution in [1.82, 2.24) is 19.3 Å². The van der Waals surface area contributed by atoms with Gasteiger partial charge in [-0.3, -0.25) is 9.36 Å². The average molecular weight is 483 g/mol. The van der Waals surface area contributed by atoms with Crippen LogP contribution >= 0.6 is 11.6 Å². The highest BCUT2D eigenvalue weighted by Crippen LogP contribution is 2.43. The number of aromatic nitrogens is 4. The molecule has 2 fully saturated rings. The van der Waals surface area contributed by atoms with Crippen LogP contribution in [0.2, 0.25) is 5.02 Å². The van der Waals surface area contributed by atoms with E-state index in [-0.39, 0.29) is 28.4 Å². The quantitative estimate of drug-likeness (QED) is 0.561. The van der Waals surface area contributed by atoms with Crippen LogP contribution in [0, 0.1) is 29.5 Å². The number of rotatable bonds is 4. The molecular weight excluding hydrogens is 463 g/mol. The van der Waals surface area contributed by atoms with Gasteiger partial charge in [0, 0.05) is 25.1 Å². The molecule has 0 atom stereocenters. The summed E-state index contributed by atoms with van der Waals surface area (Å²) in [6.07, 6.45) is 2.38. The minimum absolute atomic E-state index is 0.0342. The van der Waals surface area contributed by atoms with Crippen LogP contribution in [0.5, 0.6) is 0 Å². The highest BCUT2D eigenvalue weighted by atomic mass is 35.5. The Morgan fingerprint density at radius 1 is 1.29 bits per heavy atom. The van der Waals surface area contributed by atoms with Crippen LogP contribution in [0.1, 0.15) is 12.0 Å². The minimum Gasteiger partial charge on any atom is -0.381 e. The molecule has 1 aromatic carbocycles. The first-order valence-electron chi connectivity index (χ1n) is 10.7. The molecule has 0 radical (unpaired) electrons. The number of hydrogen-bond acceptors (Lipinski definition) is 7. The van der Waals surface area contributed by atoms with Gasteiger partial charge in [0.2, 0.25) is 0 Å². The summed E-state index contributed by atoms with van der Waals surface area (Å²) >= 11 is 6.05. The van der Waals surface area contributed by atoms with Gasteiger partial charge in [-0.25, -0.2) is 13.8 Å². The van der Waals surface area contributed by atoms with Crippen LogP contribution in [0.4, 0.5) is 10.2 Å². The van der Waals surface area contributed by atoms with Crippen LogP contribution in [0.25, 0.3) is 16.9 Å². The van der Waals surface area contributed by atoms with E-state index in [1.807, 2.05) is 11.0 Å². The molecule has 0 aliphatic carbocycles. The van der Waals surface area contributed by atoms with Gasteiger partial charge >= 0.3 is 5.69 Å². The number of ether oxygens (including phenoxy) is 1. The molecule has 4 heterocycles. The number of benzene rings is 1. The van der Waals surface area contributed by atoms with Crippen LogP contribution in [-0.2, 0) is 11.3 Å². The molecule has 0 saturated carbocycles. The molecule has 0 bridgehead atoms. The Labute approximate surface area is 198 Å². The number of nitrogens with zero attached hydrogens (tertiary/aromatic N) is 6. The van der Waals surface area contributed by atoms with Crippen LogP contribution in [0.15, 0.2) is 40.1 Å². The van der Waals surface area contributed by atoms with Crippen molar-refractivity contribution in [3.8, 4) is 23.0 Å². The fraction of sp³-hybridized carbons (Fsp3) is 0.348. The zero-order chi connectivity index (χ0) is 24.0. The van der Waals surface area contributed by atoms with Gasteiger partial charge in [0.25, 0.3) is 5.56 Å². The molecule has 3 aromatic rings. The van der Waals surface area contributed by atoms with Crippen molar-refractivity contribution >= 4 is 17.4 Å². The maximum Gasteiger partial charge on any atom is 0.339 e. The van der Waals surface area contributed by atoms with Crippen molar-refractivity contribution in [2.75, 3.05) is 31.2 Å². The summed E-state index contributed by atoms with van der Waals surface area (Å²) in [5.74, 6) is -0.297. The highest BCUT2D eigenvalue weighted by molar-refractivity contribution is 6.31. The van der Waals surface area contributed by atoms with E-state index in [0.717, 1.165) is 11.0 Å². The first-order chi connectivity index (χ1) is 16.3. The molecule has 34 heavy (non-hydrogen) atoms. The fourth-order valence-corrected chi connectivity index (χ4v) is 4.84. The summed E-state index contributed by atoms with van der Waals surface area (Å²) in [4.78, 5) is 29.3. The maximum absolute atomic E-state index is 13.9. The third kappa shape index (κ3) is 3.57. The molecule has 9 nitrogen and oxygen atoms in total. The first kappa shape index (κ1) is 22.3. The van der Waals surface area contributed by atoms with E-state index < -0.39 is 17.1 Å². The van der Waals surface area contributed by atoms with Gasteiger partial charge in [-0.15, -0.1) is 5.10 Å². The Morgan fingerprint density at radius 2 is 2.09 bits per heavy atom. The summed E-state index contributed by atoms with van der Waals surface area (Å²) in [5.41, 5.74) is -0.251. The largest absolute Gasteiger partial charge is 0.381 e. The first-order valence-corrected chi connectivity index (χ1v) is 11.1. The van der Waals surface area contributed by atoms with Gasteiger partial charge < -0.3 is 9.64 Å². The van der Waals surface area contributed by atoms with E-state index >= 15 is 0 Å². The maximum atomic E-state index is 13.9. The van der Waals surface area contributed by atoms with Crippen molar-refractivity contribution in [2.45, 2.75) is 19.9 Å². The van der Waals surface area contributed by atoms with Crippen LogP contribution in [-0.4, -0.2) is 45.6 Å². The third-order valence-corrected chi connectivity index (χ3v) is 6.59. The van der Waals surface area contributed by atoms with Crippen molar-refractivity contribution < 1.29 is 9.13 Å². The average Bonchev–Trinajstić information content (AvgIpc) is 3.27. The van der Waals surface area contributed by atoms with E-state index in [1.54, 1.807) is 13.0 Å². The molecule has 2 aliphatic rings. The second-order valence-corrected chi connectivity index (χ2v) is 9.15. The van der Waals surface area contributed by atoms with E-state index in [0.29, 0.717) is 43.2 Å². The van der Waals surface area contributed by atoms with Crippen LogP contribution < -0.4 is 16.1 Å². The SMILES string of the molecule is Cc1cnnc(-n2c(=O)c(-c3ccc(F)c(Cl)c3)c(N3CC4(CCOC4)C3)n(CC#N)c2=O)c1. The summed E-state index contributed by atoms with van der Waals surface area (Å²) in [5, 5.41) is 17.2. The Hall–Kier alpha value is -3.55. The molecular formula is C23H20ClFN6O3. The van der Waals surface area contributed by atoms with E-state index in [2.05, 4.69) is 10.2 Å². The number of anilines is 1. The molecule has 2 aliphatic heterocycles. The van der Waals surface area contributed by atoms with Gasteiger partial charge in [0.15, 0.2) is 5.82 Å². The summed E-state index contributed by atoms with van der Waals surface area (Å²) in [7, 11) is 0. The van der Waals surface area contributed by atoms with E-state index in [4.69, 9.17) is 16.3 Å². The van der Waals surface area contributed by atoms with Crippen molar-refractivity contribution in [3.05, 3.63) is 67.7 Å². The van der Waals surface area contributed by atoms with Crippen molar-refractivity contribution in [2.24, 2.45) is 5.41 Å². The van der Waals surface area contributed by atoms with Gasteiger partial charge in [-0.05, 0) is 42.7 Å². The summed E-state index contributed by atoms with van der Waals surface area (Å²) < 4.78 is 21.6. The van der Waals surface area contributed by atoms with Crippen molar-refractivity contribution in [3.63, 3.8) is 0 Å². The molecule has 0 amide bonds. The number of nitriles is 1. The fourth-order valence-electron chi connectivity index (χ4n) is 4.66. The van der Waals surface area contributed by atoms with E-state index in [1.165, 1.54) is 29.0 Å². The lowest BCUT2D eigenvalue weighted by Gasteiger charge is -2.49. The van der Waals surface area contributed by atoms with Gasteiger partial charge in [0.05, 0.1) is 29.5 Å². The highest BCUT2D eigenvalue weighted by Gasteiger charge is 2.47. The van der Waals surface area contributed by atoms with Gasteiger partial charge in [0.1, 0.15) is 18.2 Å². The van der Waals surface area contributed by atoms with Gasteiger partial charge in [-0.2, -0.15) is 10.4 Å². The molecule has 11 heteroatoms. The predicted octanol–water partition coefficient (Wildman–Crippen LogP) is 2.31. The molecule has 0 unspecified atom stereocenters. The topological polar surface area (TPSA) is 106 Å². The molecule has 0 N–H and O–H groups in total. The van der Waals surface area contributed by atoms with Gasteiger partial charge in [-0.1, -0.05) is 17.7 Å². The Kier molecular flexibility index (Phi) is 5.46. The lowest BCUT2D eigenvalue weighted by atomic mass is 9.79. The lowest BCUT2D eigenvalue weighted by Crippen LogP contribution is -2.59. The second-order valence-electron chi connectivity index (χ2n) is 8.74. The molecule has 5 rings (SSSR count). The molecule has 2 aromatic heterocycles. The molecule has 174 valence electrons. The minimum atomic E-state index is -0.706. The zero-order valence-corrected chi connectivity index (χ0v) is 19.0. The standard InChI is InChI=1S/C23H20ClFN6O3/c1-14-8-18(28-27-10-14)31-21(32)19(15-2-3-17(25)16(24)9-15)20(30(6-5-26)22(31)33)29-11-23(12-29)4-7-34-13-23/h2-3,8-10H,4,6-7,11-13H2,1H3. The monoisotopic (exact) mass is 482 g/mol. The van der Waals surface area contributed by atoms with E-state index in [9.17, 15) is 19.2 Å². The summed E-state index contributed by atoms with van der Waals surface area (Å²) in [6, 6.07) is 7.52. The van der Waals surface area contributed by atoms with Crippen molar-refractivity contribution in [1.29, 1.82) is 5.26 Å². The number of aryl methyl sites for hydroxylation is 1. The third-order valence-electron chi connectivity index (χ3n) is 6.30. The summed E-state index contributed by atoms with van der Waals surface area (Å²) in [6.45, 7) is 3.85. The number of halogens is 2. The predicted molar refractivity (Wildman–Crippen MR) is 123 cm³/mol.